The van der Waals surface area contributed by atoms with Crippen molar-refractivity contribution in [3.63, 3.8) is 0 Å². The zero-order valence-corrected chi connectivity index (χ0v) is 20.8. The van der Waals surface area contributed by atoms with Crippen LogP contribution in [0.5, 0.6) is 5.75 Å². The van der Waals surface area contributed by atoms with Crippen molar-refractivity contribution >= 4 is 11.9 Å². The van der Waals surface area contributed by atoms with Gasteiger partial charge in [0.15, 0.2) is 0 Å². The molecule has 2 aromatic rings. The molecule has 0 bridgehead atoms. The quantitative estimate of drug-likeness (QED) is 0.504. The highest BCUT2D eigenvalue weighted by molar-refractivity contribution is 5.94. The summed E-state index contributed by atoms with van der Waals surface area (Å²) in [5.74, 6) is 0.923. The molecule has 2 saturated carbocycles. The molecule has 1 N–H and O–H groups in total. The number of hydrogen-bond acceptors (Lipinski definition) is 5. The molecular weight excluding hydrogens is 440 g/mol. The van der Waals surface area contributed by atoms with Gasteiger partial charge < -0.3 is 19.6 Å². The average molecular weight is 477 g/mol. The number of benzene rings is 2. The number of amides is 1. The lowest BCUT2D eigenvalue weighted by Gasteiger charge is -2.59. The van der Waals surface area contributed by atoms with E-state index in [4.69, 9.17) is 4.74 Å². The van der Waals surface area contributed by atoms with Gasteiger partial charge in [0.2, 0.25) is 0 Å². The Balaban J connectivity index is 1.47. The first-order valence-electron chi connectivity index (χ1n) is 12.9. The maximum atomic E-state index is 13.3. The topological polar surface area (TPSA) is 70.1 Å². The van der Waals surface area contributed by atoms with Gasteiger partial charge in [0.25, 0.3) is 5.91 Å². The molecule has 6 heteroatoms. The SMILES string of the molecule is CC(=O)Oc1cccc(C23CCN(CC4CC4)CC2(O)CCC(N(C)C(=O)c2ccccc2)C3)c1. The van der Waals surface area contributed by atoms with Gasteiger partial charge in [-0.2, -0.15) is 0 Å². The van der Waals surface area contributed by atoms with Crippen LogP contribution in [0.3, 0.4) is 0 Å². The smallest absolute Gasteiger partial charge is 0.308 e. The minimum absolute atomic E-state index is 0.00958. The number of aliphatic hydroxyl groups is 1. The summed E-state index contributed by atoms with van der Waals surface area (Å²) in [5, 5.41) is 12.3. The van der Waals surface area contributed by atoms with Crippen molar-refractivity contribution in [1.82, 2.24) is 9.80 Å². The third kappa shape index (κ3) is 4.74. The van der Waals surface area contributed by atoms with Crippen LogP contribution in [-0.4, -0.2) is 65.1 Å². The van der Waals surface area contributed by atoms with Gasteiger partial charge in [0, 0.05) is 44.1 Å². The fourth-order valence-corrected chi connectivity index (χ4v) is 6.36. The molecule has 1 heterocycles. The van der Waals surface area contributed by atoms with E-state index in [0.717, 1.165) is 37.4 Å². The van der Waals surface area contributed by atoms with Crippen LogP contribution in [0.4, 0.5) is 0 Å². The number of fused-ring (bicyclic) bond motifs is 1. The number of carbonyl (C=O) groups is 2. The van der Waals surface area contributed by atoms with Gasteiger partial charge in [-0.1, -0.05) is 30.3 Å². The predicted molar refractivity (Wildman–Crippen MR) is 134 cm³/mol. The van der Waals surface area contributed by atoms with Crippen molar-refractivity contribution in [2.24, 2.45) is 5.92 Å². The van der Waals surface area contributed by atoms with E-state index in [0.29, 0.717) is 30.7 Å². The second-order valence-electron chi connectivity index (χ2n) is 10.8. The highest BCUT2D eigenvalue weighted by Gasteiger charge is 2.58. The van der Waals surface area contributed by atoms with Crippen LogP contribution in [0.15, 0.2) is 54.6 Å². The Kier molecular flexibility index (Phi) is 6.45. The van der Waals surface area contributed by atoms with Gasteiger partial charge in [-0.3, -0.25) is 9.59 Å². The second kappa shape index (κ2) is 9.40. The van der Waals surface area contributed by atoms with E-state index < -0.39 is 11.0 Å². The van der Waals surface area contributed by atoms with E-state index in [1.54, 1.807) is 6.07 Å². The van der Waals surface area contributed by atoms with E-state index in [2.05, 4.69) is 11.0 Å². The molecule has 5 rings (SSSR count). The molecule has 1 amide bonds. The summed E-state index contributed by atoms with van der Waals surface area (Å²) >= 11 is 0. The monoisotopic (exact) mass is 476 g/mol. The van der Waals surface area contributed by atoms with Crippen LogP contribution in [0.2, 0.25) is 0 Å². The minimum atomic E-state index is -0.901. The first-order chi connectivity index (χ1) is 16.8. The molecule has 0 spiro atoms. The number of hydrogen-bond donors (Lipinski definition) is 1. The molecule has 0 aromatic heterocycles. The number of likely N-dealkylation sites (tertiary alicyclic amines) is 1. The Morgan fingerprint density at radius 2 is 1.86 bits per heavy atom. The van der Waals surface area contributed by atoms with Crippen molar-refractivity contribution in [2.75, 3.05) is 26.7 Å². The summed E-state index contributed by atoms with van der Waals surface area (Å²) in [6.07, 6.45) is 5.46. The molecule has 1 saturated heterocycles. The van der Waals surface area contributed by atoms with Gasteiger partial charge in [0.1, 0.15) is 5.75 Å². The van der Waals surface area contributed by atoms with Crippen LogP contribution < -0.4 is 4.74 Å². The van der Waals surface area contributed by atoms with Gasteiger partial charge >= 0.3 is 5.97 Å². The van der Waals surface area contributed by atoms with Crippen molar-refractivity contribution in [3.8, 4) is 5.75 Å². The van der Waals surface area contributed by atoms with Gasteiger partial charge in [-0.15, -0.1) is 0 Å². The van der Waals surface area contributed by atoms with E-state index in [1.165, 1.54) is 19.8 Å². The molecule has 0 radical (unpaired) electrons. The highest BCUT2D eigenvalue weighted by atomic mass is 16.5. The molecule has 3 unspecified atom stereocenters. The van der Waals surface area contributed by atoms with Crippen LogP contribution in [0.25, 0.3) is 0 Å². The van der Waals surface area contributed by atoms with E-state index >= 15 is 0 Å². The van der Waals surface area contributed by atoms with Crippen LogP contribution in [0, 0.1) is 5.92 Å². The van der Waals surface area contributed by atoms with Crippen molar-refractivity contribution in [3.05, 3.63) is 65.7 Å². The predicted octanol–water partition coefficient (Wildman–Crippen LogP) is 4.02. The number of nitrogens with zero attached hydrogens (tertiary/aromatic N) is 2. The number of piperidine rings is 1. The lowest BCUT2D eigenvalue weighted by Crippen LogP contribution is -2.67. The number of β-amino-alcohol motifs (C(OH)–C–C–N with tert-alkyl or cyclic N) is 1. The summed E-state index contributed by atoms with van der Waals surface area (Å²) in [6, 6.07) is 17.1. The van der Waals surface area contributed by atoms with Gasteiger partial charge in [0.05, 0.1) is 5.60 Å². The average Bonchev–Trinajstić information content (AvgIpc) is 3.67. The fourth-order valence-electron chi connectivity index (χ4n) is 6.36. The molecule has 3 fully saturated rings. The molecule has 1 aliphatic heterocycles. The molecule has 3 aliphatic rings. The molecule has 2 aromatic carbocycles. The molecular formula is C29H36N2O4. The van der Waals surface area contributed by atoms with Gasteiger partial charge in [-0.25, -0.2) is 0 Å². The number of carbonyl (C=O) groups excluding carboxylic acids is 2. The largest absolute Gasteiger partial charge is 0.427 e. The van der Waals surface area contributed by atoms with Gasteiger partial charge in [-0.05, 0) is 80.8 Å². The van der Waals surface area contributed by atoms with Crippen LogP contribution >= 0.6 is 0 Å². The number of esters is 1. The second-order valence-corrected chi connectivity index (χ2v) is 10.8. The minimum Gasteiger partial charge on any atom is -0.427 e. The number of rotatable bonds is 6. The first kappa shape index (κ1) is 24.0. The summed E-state index contributed by atoms with van der Waals surface area (Å²) in [4.78, 5) is 29.2. The number of ether oxygens (including phenoxy) is 1. The molecule has 186 valence electrons. The Hall–Kier alpha value is -2.70. The maximum absolute atomic E-state index is 13.3. The Morgan fingerprint density at radius 1 is 1.09 bits per heavy atom. The van der Waals surface area contributed by atoms with Crippen molar-refractivity contribution < 1.29 is 19.4 Å². The standard InChI is InChI=1S/C29H36N2O4/c1-21(32)35-26-10-6-9-24(17-26)28-15-16-31(19-22-11-12-22)20-29(28,34)14-13-25(18-28)30(2)27(33)23-7-4-3-5-8-23/h3-10,17,22,25,34H,11-16,18-20H2,1-2H3. The van der Waals surface area contributed by atoms with E-state index in [1.807, 2.05) is 54.4 Å². The third-order valence-corrected chi connectivity index (χ3v) is 8.46. The zero-order valence-electron chi connectivity index (χ0n) is 20.8. The van der Waals surface area contributed by atoms with E-state index in [-0.39, 0.29) is 17.9 Å². The lowest BCUT2D eigenvalue weighted by atomic mass is 9.55. The van der Waals surface area contributed by atoms with Crippen molar-refractivity contribution in [2.45, 2.75) is 62.5 Å². The summed E-state index contributed by atoms with van der Waals surface area (Å²) in [7, 11) is 1.88. The Labute approximate surface area is 207 Å². The van der Waals surface area contributed by atoms with Crippen LogP contribution in [-0.2, 0) is 10.2 Å². The lowest BCUT2D eigenvalue weighted by molar-refractivity contribution is -0.133. The third-order valence-electron chi connectivity index (χ3n) is 8.46. The normalized spacial score (nSPS) is 28.7. The molecule has 3 atom stereocenters. The molecule has 2 aliphatic carbocycles. The molecule has 35 heavy (non-hydrogen) atoms. The van der Waals surface area contributed by atoms with E-state index in [9.17, 15) is 14.7 Å². The highest BCUT2D eigenvalue weighted by Crippen LogP contribution is 2.53. The van der Waals surface area contributed by atoms with Crippen molar-refractivity contribution in [1.29, 1.82) is 0 Å². The Bertz CT molecular complexity index is 1090. The Morgan fingerprint density at radius 3 is 2.57 bits per heavy atom. The summed E-state index contributed by atoms with van der Waals surface area (Å²) in [5.41, 5.74) is 0.260. The molecule has 6 nitrogen and oxygen atoms in total. The first-order valence-corrected chi connectivity index (χ1v) is 12.9. The van der Waals surface area contributed by atoms with Crippen LogP contribution in [0.1, 0.15) is 61.4 Å². The maximum Gasteiger partial charge on any atom is 0.308 e. The summed E-state index contributed by atoms with van der Waals surface area (Å²) in [6.45, 7) is 4.02. The zero-order chi connectivity index (χ0) is 24.6. The summed E-state index contributed by atoms with van der Waals surface area (Å²) < 4.78 is 5.41. The fraction of sp³-hybridized carbons (Fsp3) is 0.517.